The smallest absolute Gasteiger partial charge is 0.137 e. The molecule has 7 rings (SSSR count). The Morgan fingerprint density at radius 1 is 0.827 bits per heavy atom. The monoisotopic (exact) mass is 692 g/mol. The summed E-state index contributed by atoms with van der Waals surface area (Å²) in [7, 11) is 0. The van der Waals surface area contributed by atoms with Crippen molar-refractivity contribution in [2.75, 3.05) is 0 Å². The summed E-state index contributed by atoms with van der Waals surface area (Å²) in [4.78, 5) is 4.86. The van der Waals surface area contributed by atoms with Gasteiger partial charge < -0.3 is 4.74 Å². The minimum atomic E-state index is -0.118. The van der Waals surface area contributed by atoms with Gasteiger partial charge in [0.25, 0.3) is 0 Å². The molecule has 3 heterocycles. The molecule has 0 amide bonds. The van der Waals surface area contributed by atoms with Crippen molar-refractivity contribution >= 4 is 21.8 Å². The van der Waals surface area contributed by atoms with Crippen LogP contribution >= 0.6 is 0 Å². The molecule has 5 nitrogen and oxygen atoms in total. The largest absolute Gasteiger partial charge is 0.457 e. The summed E-state index contributed by atoms with van der Waals surface area (Å²) in [6.07, 6.45) is 9.77. The van der Waals surface area contributed by atoms with Crippen molar-refractivity contribution in [2.24, 2.45) is 5.92 Å². The summed E-state index contributed by atoms with van der Waals surface area (Å²) in [6, 6.07) is 26.1. The summed E-state index contributed by atoms with van der Waals surface area (Å²) < 4.78 is 11.4. The fourth-order valence-electron chi connectivity index (χ4n) is 8.42. The zero-order chi connectivity index (χ0) is 36.9. The third-order valence-corrected chi connectivity index (χ3v) is 11.0. The molecule has 0 saturated carbocycles. The lowest BCUT2D eigenvalue weighted by Gasteiger charge is -2.33. The minimum absolute atomic E-state index is 0.0949. The van der Waals surface area contributed by atoms with Crippen molar-refractivity contribution in [1.29, 1.82) is 0 Å². The molecule has 6 aromatic rings. The normalized spacial score (nSPS) is 16.8. The Kier molecular flexibility index (Phi) is 9.44. The first-order chi connectivity index (χ1) is 24.8. The Balaban J connectivity index is 1.38. The summed E-state index contributed by atoms with van der Waals surface area (Å²) in [5, 5.41) is 7.82. The summed E-state index contributed by atoms with van der Waals surface area (Å²) in [5.74, 6) is 3.48. The van der Waals surface area contributed by atoms with Crippen LogP contribution in [0, 0.1) is 5.92 Å². The highest BCUT2D eigenvalue weighted by Gasteiger charge is 2.36. The predicted octanol–water partition coefficient (Wildman–Crippen LogP) is 12.7. The van der Waals surface area contributed by atoms with Gasteiger partial charge in [-0.25, -0.2) is 9.67 Å². The van der Waals surface area contributed by atoms with Gasteiger partial charge in [-0.15, -0.1) is 0 Å². The molecule has 0 N–H and O–H groups in total. The van der Waals surface area contributed by atoms with Gasteiger partial charge in [0, 0.05) is 46.0 Å². The maximum absolute atomic E-state index is 6.89. The molecule has 2 atom stereocenters. The number of aromatic nitrogens is 4. The van der Waals surface area contributed by atoms with Gasteiger partial charge in [0.05, 0.1) is 28.1 Å². The lowest BCUT2D eigenvalue weighted by atomic mass is 9.72. The van der Waals surface area contributed by atoms with E-state index in [2.05, 4.69) is 157 Å². The molecule has 0 unspecified atom stereocenters. The van der Waals surface area contributed by atoms with Crippen molar-refractivity contribution in [3.63, 3.8) is 0 Å². The van der Waals surface area contributed by atoms with Crippen LogP contribution in [0.1, 0.15) is 122 Å². The molecule has 0 fully saturated rings. The molecule has 5 heteroatoms. The van der Waals surface area contributed by atoms with E-state index < -0.39 is 0 Å². The SMILES string of the molecule is CCCc1ccnc(-n2c3ccccc3c3ccc(Oc4cc(-n5nc(CC)c([C@H]6C(C)=CCC[C@@H]6C)c5C(C)(C)C)cc(C(C)(C)C)c4)cc32)c1. The summed E-state index contributed by atoms with van der Waals surface area (Å²) in [5.41, 5.74) is 11.0. The van der Waals surface area contributed by atoms with Gasteiger partial charge >= 0.3 is 0 Å². The molecule has 1 aliphatic rings. The van der Waals surface area contributed by atoms with Crippen molar-refractivity contribution < 1.29 is 4.74 Å². The average molecular weight is 693 g/mol. The summed E-state index contributed by atoms with van der Waals surface area (Å²) >= 11 is 0. The number of benzene rings is 3. The van der Waals surface area contributed by atoms with Crippen molar-refractivity contribution in [2.45, 2.75) is 118 Å². The Labute approximate surface area is 310 Å². The lowest BCUT2D eigenvalue weighted by Crippen LogP contribution is -2.24. The number of ether oxygens (including phenoxy) is 1. The zero-order valence-corrected chi connectivity index (χ0v) is 33.0. The molecular weight excluding hydrogens is 637 g/mol. The van der Waals surface area contributed by atoms with E-state index in [1.54, 1.807) is 0 Å². The van der Waals surface area contributed by atoms with Crippen LogP contribution in [-0.2, 0) is 23.7 Å². The van der Waals surface area contributed by atoms with E-state index in [-0.39, 0.29) is 10.8 Å². The average Bonchev–Trinajstić information content (AvgIpc) is 3.64. The Morgan fingerprint density at radius 3 is 2.31 bits per heavy atom. The third kappa shape index (κ3) is 6.59. The second-order valence-electron chi connectivity index (χ2n) is 17.1. The third-order valence-electron chi connectivity index (χ3n) is 11.0. The maximum Gasteiger partial charge on any atom is 0.137 e. The van der Waals surface area contributed by atoms with Crippen LogP contribution < -0.4 is 4.74 Å². The van der Waals surface area contributed by atoms with E-state index in [4.69, 9.17) is 14.8 Å². The maximum atomic E-state index is 6.89. The number of fused-ring (bicyclic) bond motifs is 3. The highest BCUT2D eigenvalue weighted by Crippen LogP contribution is 2.45. The van der Waals surface area contributed by atoms with Crippen molar-refractivity contribution in [3.8, 4) is 23.0 Å². The number of para-hydroxylation sites is 1. The lowest BCUT2D eigenvalue weighted by molar-refractivity contribution is 0.436. The molecule has 0 bridgehead atoms. The van der Waals surface area contributed by atoms with Crippen LogP contribution in [0.4, 0.5) is 0 Å². The van der Waals surface area contributed by atoms with Gasteiger partial charge in [0.2, 0.25) is 0 Å². The second kappa shape index (κ2) is 13.7. The first-order valence-electron chi connectivity index (χ1n) is 19.4. The van der Waals surface area contributed by atoms with Gasteiger partial charge in [-0.3, -0.25) is 4.57 Å². The van der Waals surface area contributed by atoms with E-state index in [0.717, 1.165) is 59.7 Å². The topological polar surface area (TPSA) is 44.9 Å². The van der Waals surface area contributed by atoms with Crippen LogP contribution in [0.25, 0.3) is 33.3 Å². The van der Waals surface area contributed by atoms with Crippen LogP contribution in [0.3, 0.4) is 0 Å². The van der Waals surface area contributed by atoms with Gasteiger partial charge in [-0.2, -0.15) is 5.10 Å². The second-order valence-corrected chi connectivity index (χ2v) is 17.1. The summed E-state index contributed by atoms with van der Waals surface area (Å²) in [6.45, 7) is 23.0. The van der Waals surface area contributed by atoms with E-state index in [9.17, 15) is 0 Å². The zero-order valence-electron chi connectivity index (χ0n) is 33.0. The standard InChI is InChI=1S/C47H56N4O/c1-11-16-32-23-24-48-42(25-32)50-40-20-14-13-19-37(40)38-22-21-35(29-41(38)50)52-36-27-33(46(5,6)7)26-34(28-36)51-45(47(8,9)10)44(39(12-2)49-51)43-30(3)17-15-18-31(43)4/h13-14,17,19-29,31,43H,11-12,15-16,18H2,1-10H3/t31-,43-/m0/s1. The quantitative estimate of drug-likeness (QED) is 0.149. The number of hydrogen-bond acceptors (Lipinski definition) is 3. The van der Waals surface area contributed by atoms with E-state index in [1.165, 1.54) is 50.8 Å². The highest BCUT2D eigenvalue weighted by atomic mass is 16.5. The number of hydrogen-bond donors (Lipinski definition) is 0. The van der Waals surface area contributed by atoms with Gasteiger partial charge in [-0.1, -0.05) is 98.6 Å². The predicted molar refractivity (Wildman–Crippen MR) is 218 cm³/mol. The molecule has 3 aromatic heterocycles. The fourth-order valence-corrected chi connectivity index (χ4v) is 8.42. The van der Waals surface area contributed by atoms with Crippen molar-refractivity contribution in [1.82, 2.24) is 19.3 Å². The molecule has 0 spiro atoms. The van der Waals surface area contributed by atoms with Crippen LogP contribution in [0.5, 0.6) is 11.5 Å². The number of rotatable bonds is 8. The van der Waals surface area contributed by atoms with Gasteiger partial charge in [-0.05, 0) is 97.5 Å². The molecule has 3 aromatic carbocycles. The Bertz CT molecular complexity index is 2290. The first kappa shape index (κ1) is 35.7. The number of allylic oxidation sites excluding steroid dienone is 2. The number of pyridine rings is 1. The van der Waals surface area contributed by atoms with Crippen LogP contribution in [0.15, 0.2) is 90.6 Å². The number of nitrogens with zero attached hydrogens (tertiary/aromatic N) is 4. The van der Waals surface area contributed by atoms with E-state index in [0.29, 0.717) is 11.8 Å². The van der Waals surface area contributed by atoms with Crippen molar-refractivity contribution in [3.05, 3.63) is 119 Å². The van der Waals surface area contributed by atoms with E-state index >= 15 is 0 Å². The molecule has 270 valence electrons. The molecule has 52 heavy (non-hydrogen) atoms. The van der Waals surface area contributed by atoms with Crippen LogP contribution in [0.2, 0.25) is 0 Å². The van der Waals surface area contributed by atoms with Crippen LogP contribution in [-0.4, -0.2) is 19.3 Å². The van der Waals surface area contributed by atoms with E-state index in [1.807, 2.05) is 6.20 Å². The molecule has 0 radical (unpaired) electrons. The van der Waals surface area contributed by atoms with Gasteiger partial charge in [0.15, 0.2) is 0 Å². The molecule has 1 aliphatic carbocycles. The fraction of sp³-hybridized carbons (Fsp3) is 0.404. The first-order valence-corrected chi connectivity index (χ1v) is 19.4. The molecule has 0 aliphatic heterocycles. The number of aryl methyl sites for hydroxylation is 2. The van der Waals surface area contributed by atoms with Gasteiger partial charge in [0.1, 0.15) is 17.3 Å². The molecule has 0 saturated heterocycles. The highest BCUT2D eigenvalue weighted by molar-refractivity contribution is 6.09. The Hall–Kier alpha value is -4.64. The minimum Gasteiger partial charge on any atom is -0.457 e. The Morgan fingerprint density at radius 2 is 1.60 bits per heavy atom. The molecular formula is C47H56N4O.